The van der Waals surface area contributed by atoms with Gasteiger partial charge in [-0.1, -0.05) is 0 Å². The minimum atomic E-state index is -0.777. The zero-order valence-electron chi connectivity index (χ0n) is 12.9. The van der Waals surface area contributed by atoms with Gasteiger partial charge in [0, 0.05) is 23.8 Å². The minimum absolute atomic E-state index is 0.00583. The van der Waals surface area contributed by atoms with Gasteiger partial charge in [0.1, 0.15) is 5.82 Å². The third-order valence-corrected chi connectivity index (χ3v) is 3.51. The Morgan fingerprint density at radius 2 is 2.04 bits per heavy atom. The van der Waals surface area contributed by atoms with E-state index in [4.69, 9.17) is 0 Å². The number of rotatable bonds is 3. The Bertz CT molecular complexity index is 1080. The fraction of sp³-hybridized carbons (Fsp3) is 0.0625. The van der Waals surface area contributed by atoms with Crippen molar-refractivity contribution in [1.82, 2.24) is 9.97 Å². The second kappa shape index (κ2) is 6.11. The van der Waals surface area contributed by atoms with E-state index in [1.807, 2.05) is 0 Å². The van der Waals surface area contributed by atoms with E-state index in [9.17, 15) is 24.1 Å². The molecule has 25 heavy (non-hydrogen) atoms. The summed E-state index contributed by atoms with van der Waals surface area (Å²) in [4.78, 5) is 40.5. The number of nitro benzene ring substituents is 1. The van der Waals surface area contributed by atoms with E-state index in [0.29, 0.717) is 5.56 Å². The van der Waals surface area contributed by atoms with Gasteiger partial charge in [0.25, 0.3) is 17.2 Å². The number of hydrogen-bond donors (Lipinski definition) is 2. The van der Waals surface area contributed by atoms with Crippen LogP contribution in [0.2, 0.25) is 0 Å². The first kappa shape index (κ1) is 16.2. The molecule has 0 radical (unpaired) electrons. The van der Waals surface area contributed by atoms with Crippen molar-refractivity contribution in [3.05, 3.63) is 74.1 Å². The molecule has 1 heterocycles. The average molecular weight is 342 g/mol. The molecule has 2 N–H and O–H groups in total. The molecule has 0 aliphatic carbocycles. The van der Waals surface area contributed by atoms with E-state index in [-0.39, 0.29) is 27.8 Å². The standard InChI is InChI=1S/C16H11FN4O4/c1-8-2-9(4-10(3-8)21(24)25)15(22)20-14-5-11-13(6-12(14)17)18-7-19-16(11)23/h2-7H,1H3,(H,20,22)(H,18,19,23). The Morgan fingerprint density at radius 3 is 2.76 bits per heavy atom. The van der Waals surface area contributed by atoms with Crippen LogP contribution in [-0.4, -0.2) is 20.8 Å². The van der Waals surface area contributed by atoms with E-state index in [2.05, 4.69) is 15.3 Å². The Balaban J connectivity index is 2.00. The number of non-ortho nitro benzene ring substituents is 1. The van der Waals surface area contributed by atoms with Gasteiger partial charge in [-0.25, -0.2) is 9.37 Å². The molecule has 126 valence electrons. The SMILES string of the molecule is Cc1cc(C(=O)Nc2cc3c(=O)[nH]cnc3cc2F)cc([N+](=O)[O-])c1. The Hall–Kier alpha value is -3.62. The lowest BCUT2D eigenvalue weighted by molar-refractivity contribution is -0.384. The summed E-state index contributed by atoms with van der Waals surface area (Å²) in [7, 11) is 0. The van der Waals surface area contributed by atoms with E-state index in [0.717, 1.165) is 18.5 Å². The number of H-pyrrole nitrogens is 1. The Kier molecular flexibility index (Phi) is 3.97. The van der Waals surface area contributed by atoms with Gasteiger partial charge in [-0.3, -0.25) is 19.7 Å². The second-order valence-electron chi connectivity index (χ2n) is 5.35. The Morgan fingerprint density at radius 1 is 1.28 bits per heavy atom. The summed E-state index contributed by atoms with van der Waals surface area (Å²) in [6, 6.07) is 6.04. The Labute approximate surface area is 139 Å². The van der Waals surface area contributed by atoms with Crippen molar-refractivity contribution in [2.75, 3.05) is 5.32 Å². The maximum absolute atomic E-state index is 14.1. The van der Waals surface area contributed by atoms with E-state index >= 15 is 0 Å². The molecule has 0 saturated heterocycles. The molecule has 0 aliphatic heterocycles. The molecule has 0 atom stereocenters. The maximum atomic E-state index is 14.1. The highest BCUT2D eigenvalue weighted by Gasteiger charge is 2.16. The first-order valence-corrected chi connectivity index (χ1v) is 7.09. The van der Waals surface area contributed by atoms with Crippen LogP contribution in [0.25, 0.3) is 10.9 Å². The number of halogens is 1. The quantitative estimate of drug-likeness (QED) is 0.560. The first-order chi connectivity index (χ1) is 11.8. The van der Waals surface area contributed by atoms with Crippen LogP contribution in [0.15, 0.2) is 41.5 Å². The summed E-state index contributed by atoms with van der Waals surface area (Å²) >= 11 is 0. The summed E-state index contributed by atoms with van der Waals surface area (Å²) in [6.45, 7) is 1.60. The smallest absolute Gasteiger partial charge is 0.270 e. The van der Waals surface area contributed by atoms with Crippen LogP contribution in [0.5, 0.6) is 0 Å². The number of amides is 1. The summed E-state index contributed by atoms with van der Waals surface area (Å²) in [5, 5.41) is 13.3. The molecule has 0 unspecified atom stereocenters. The number of aryl methyl sites for hydroxylation is 1. The normalized spacial score (nSPS) is 10.6. The van der Waals surface area contributed by atoms with Gasteiger partial charge in [-0.15, -0.1) is 0 Å². The monoisotopic (exact) mass is 342 g/mol. The second-order valence-corrected chi connectivity index (χ2v) is 5.35. The van der Waals surface area contributed by atoms with Gasteiger partial charge in [0.05, 0.1) is 27.8 Å². The van der Waals surface area contributed by atoms with Crippen molar-refractivity contribution in [3.8, 4) is 0 Å². The topological polar surface area (TPSA) is 118 Å². The number of aromatic nitrogens is 2. The zero-order chi connectivity index (χ0) is 18.1. The van der Waals surface area contributed by atoms with Crippen LogP contribution < -0.4 is 10.9 Å². The molecule has 0 aliphatic rings. The molecule has 0 fully saturated rings. The van der Waals surface area contributed by atoms with Crippen LogP contribution in [0.3, 0.4) is 0 Å². The van der Waals surface area contributed by atoms with Crippen LogP contribution >= 0.6 is 0 Å². The van der Waals surface area contributed by atoms with Gasteiger partial charge in [0.2, 0.25) is 0 Å². The van der Waals surface area contributed by atoms with Gasteiger partial charge < -0.3 is 10.3 Å². The van der Waals surface area contributed by atoms with E-state index < -0.39 is 22.2 Å². The number of hydrogen-bond acceptors (Lipinski definition) is 5. The average Bonchev–Trinajstić information content (AvgIpc) is 2.55. The van der Waals surface area contributed by atoms with Gasteiger partial charge in [0.15, 0.2) is 0 Å². The minimum Gasteiger partial charge on any atom is -0.319 e. The highest BCUT2D eigenvalue weighted by Crippen LogP contribution is 2.22. The first-order valence-electron chi connectivity index (χ1n) is 7.09. The largest absolute Gasteiger partial charge is 0.319 e. The summed E-state index contributed by atoms with van der Waals surface area (Å²) < 4.78 is 14.1. The molecular formula is C16H11FN4O4. The third-order valence-electron chi connectivity index (χ3n) is 3.51. The van der Waals surface area contributed by atoms with E-state index in [1.54, 1.807) is 6.92 Å². The number of benzene rings is 2. The molecular weight excluding hydrogens is 331 g/mol. The van der Waals surface area contributed by atoms with Gasteiger partial charge >= 0.3 is 0 Å². The molecule has 0 saturated carbocycles. The number of carbonyl (C=O) groups is 1. The number of nitro groups is 1. The van der Waals surface area contributed by atoms with Crippen molar-refractivity contribution in [3.63, 3.8) is 0 Å². The van der Waals surface area contributed by atoms with Crippen molar-refractivity contribution in [1.29, 1.82) is 0 Å². The lowest BCUT2D eigenvalue weighted by atomic mass is 10.1. The van der Waals surface area contributed by atoms with Crippen molar-refractivity contribution < 1.29 is 14.1 Å². The molecule has 2 aromatic carbocycles. The van der Waals surface area contributed by atoms with Gasteiger partial charge in [-0.2, -0.15) is 0 Å². The molecule has 1 amide bonds. The van der Waals surface area contributed by atoms with Crippen molar-refractivity contribution in [2.24, 2.45) is 0 Å². The molecule has 9 heteroatoms. The number of aromatic amines is 1. The molecule has 3 aromatic rings. The van der Waals surface area contributed by atoms with E-state index in [1.165, 1.54) is 18.2 Å². The van der Waals surface area contributed by atoms with Crippen molar-refractivity contribution in [2.45, 2.75) is 6.92 Å². The number of fused-ring (bicyclic) bond motifs is 1. The van der Waals surface area contributed by atoms with Crippen LogP contribution in [0.1, 0.15) is 15.9 Å². The molecule has 3 rings (SSSR count). The highest BCUT2D eigenvalue weighted by molar-refractivity contribution is 6.05. The number of nitrogens with zero attached hydrogens (tertiary/aromatic N) is 2. The number of nitrogens with one attached hydrogen (secondary N) is 2. The molecule has 0 spiro atoms. The lowest BCUT2D eigenvalue weighted by Crippen LogP contribution is -2.15. The fourth-order valence-corrected chi connectivity index (χ4v) is 2.38. The number of anilines is 1. The van der Waals surface area contributed by atoms with Crippen LogP contribution in [-0.2, 0) is 0 Å². The number of carbonyl (C=O) groups excluding carboxylic acids is 1. The van der Waals surface area contributed by atoms with Crippen LogP contribution in [0, 0.1) is 22.9 Å². The van der Waals surface area contributed by atoms with Crippen molar-refractivity contribution >= 4 is 28.2 Å². The molecule has 8 nitrogen and oxygen atoms in total. The predicted octanol–water partition coefficient (Wildman–Crippen LogP) is 2.53. The summed E-state index contributed by atoms with van der Waals surface area (Å²) in [5.74, 6) is -1.51. The summed E-state index contributed by atoms with van der Waals surface area (Å²) in [6.07, 6.45) is 1.15. The fourth-order valence-electron chi connectivity index (χ4n) is 2.38. The maximum Gasteiger partial charge on any atom is 0.270 e. The third kappa shape index (κ3) is 3.20. The zero-order valence-corrected chi connectivity index (χ0v) is 12.9. The van der Waals surface area contributed by atoms with Gasteiger partial charge in [-0.05, 0) is 24.6 Å². The molecule has 0 bridgehead atoms. The van der Waals surface area contributed by atoms with Crippen LogP contribution in [0.4, 0.5) is 15.8 Å². The lowest BCUT2D eigenvalue weighted by Gasteiger charge is -2.08. The predicted molar refractivity (Wildman–Crippen MR) is 88.1 cm³/mol. The highest BCUT2D eigenvalue weighted by atomic mass is 19.1. The summed E-state index contributed by atoms with van der Waals surface area (Å²) in [5.41, 5.74) is -0.285. The molecule has 1 aromatic heterocycles.